The van der Waals surface area contributed by atoms with Crippen LogP contribution < -0.4 is 4.57 Å². The standard InChI is InChI=1S/C11H16NO/c13-11-7-3-2-6-10(11)12-8-4-1-5-9-12/h1,4-5,8-11,13H,2-3,6-7H2/q+1/t10-,11+/m0/s1. The van der Waals surface area contributed by atoms with Crippen molar-refractivity contribution in [2.24, 2.45) is 0 Å². The van der Waals surface area contributed by atoms with Crippen molar-refractivity contribution in [2.45, 2.75) is 37.8 Å². The van der Waals surface area contributed by atoms with Gasteiger partial charge in [-0.25, -0.2) is 0 Å². The molecule has 1 saturated carbocycles. The highest BCUT2D eigenvalue weighted by atomic mass is 16.3. The van der Waals surface area contributed by atoms with Crippen molar-refractivity contribution in [2.75, 3.05) is 0 Å². The van der Waals surface area contributed by atoms with Gasteiger partial charge in [0.25, 0.3) is 0 Å². The molecule has 0 radical (unpaired) electrons. The molecule has 0 aliphatic heterocycles. The highest BCUT2D eigenvalue weighted by molar-refractivity contribution is 4.85. The summed E-state index contributed by atoms with van der Waals surface area (Å²) in [7, 11) is 0. The fourth-order valence-electron chi connectivity index (χ4n) is 2.07. The summed E-state index contributed by atoms with van der Waals surface area (Å²) in [6.45, 7) is 0. The molecule has 2 rings (SSSR count). The lowest BCUT2D eigenvalue weighted by Crippen LogP contribution is -2.46. The second-order valence-electron chi connectivity index (χ2n) is 3.74. The molecule has 0 amide bonds. The molecule has 2 atom stereocenters. The van der Waals surface area contributed by atoms with Crippen LogP contribution in [0.1, 0.15) is 31.7 Å². The van der Waals surface area contributed by atoms with Crippen LogP contribution in [0.5, 0.6) is 0 Å². The minimum absolute atomic E-state index is 0.152. The first kappa shape index (κ1) is 8.70. The SMILES string of the molecule is O[C@@H]1CCCC[C@@H]1[n+]1ccccc1. The topological polar surface area (TPSA) is 24.1 Å². The van der Waals surface area contributed by atoms with E-state index in [0.717, 1.165) is 12.8 Å². The molecule has 2 heteroatoms. The van der Waals surface area contributed by atoms with Crippen LogP contribution in [-0.2, 0) is 0 Å². The van der Waals surface area contributed by atoms with Gasteiger partial charge >= 0.3 is 0 Å². The lowest BCUT2D eigenvalue weighted by Gasteiger charge is -2.22. The number of hydrogen-bond acceptors (Lipinski definition) is 1. The molecule has 1 N–H and O–H groups in total. The lowest BCUT2D eigenvalue weighted by molar-refractivity contribution is -0.732. The fourth-order valence-corrected chi connectivity index (χ4v) is 2.07. The van der Waals surface area contributed by atoms with Gasteiger partial charge in [0.15, 0.2) is 18.4 Å². The van der Waals surface area contributed by atoms with Gasteiger partial charge in [-0.1, -0.05) is 12.5 Å². The van der Waals surface area contributed by atoms with E-state index in [1.54, 1.807) is 0 Å². The van der Waals surface area contributed by atoms with Crippen LogP contribution in [0.4, 0.5) is 0 Å². The van der Waals surface area contributed by atoms with E-state index in [-0.39, 0.29) is 6.10 Å². The Labute approximate surface area is 78.8 Å². The van der Waals surface area contributed by atoms with Crippen molar-refractivity contribution in [3.8, 4) is 0 Å². The van der Waals surface area contributed by atoms with Crippen molar-refractivity contribution in [3.05, 3.63) is 30.6 Å². The van der Waals surface area contributed by atoms with Crippen LogP contribution >= 0.6 is 0 Å². The third-order valence-corrected chi connectivity index (χ3v) is 2.82. The van der Waals surface area contributed by atoms with E-state index < -0.39 is 0 Å². The summed E-state index contributed by atoms with van der Waals surface area (Å²) >= 11 is 0. The third-order valence-electron chi connectivity index (χ3n) is 2.82. The van der Waals surface area contributed by atoms with E-state index in [1.165, 1.54) is 12.8 Å². The van der Waals surface area contributed by atoms with Crippen molar-refractivity contribution >= 4 is 0 Å². The Bertz CT molecular complexity index is 260. The predicted molar refractivity (Wildman–Crippen MR) is 50.1 cm³/mol. The van der Waals surface area contributed by atoms with E-state index in [4.69, 9.17) is 0 Å². The van der Waals surface area contributed by atoms with Gasteiger partial charge in [-0.3, -0.25) is 0 Å². The fraction of sp³-hybridized carbons (Fsp3) is 0.545. The molecule has 0 aromatic carbocycles. The van der Waals surface area contributed by atoms with E-state index in [2.05, 4.69) is 4.57 Å². The Kier molecular flexibility index (Phi) is 2.60. The average molecular weight is 178 g/mol. The largest absolute Gasteiger partial charge is 0.386 e. The zero-order valence-corrected chi connectivity index (χ0v) is 7.76. The molecule has 0 unspecified atom stereocenters. The summed E-state index contributed by atoms with van der Waals surface area (Å²) in [5.74, 6) is 0. The van der Waals surface area contributed by atoms with Gasteiger partial charge in [0.1, 0.15) is 6.10 Å². The van der Waals surface area contributed by atoms with Crippen molar-refractivity contribution in [1.29, 1.82) is 0 Å². The van der Waals surface area contributed by atoms with Gasteiger partial charge in [-0.05, 0) is 12.8 Å². The van der Waals surface area contributed by atoms with Gasteiger partial charge in [-0.15, -0.1) is 0 Å². The van der Waals surface area contributed by atoms with Crippen LogP contribution in [0.25, 0.3) is 0 Å². The van der Waals surface area contributed by atoms with Crippen LogP contribution in [0.3, 0.4) is 0 Å². The lowest BCUT2D eigenvalue weighted by atomic mass is 9.92. The highest BCUT2D eigenvalue weighted by Crippen LogP contribution is 2.23. The molecule has 0 spiro atoms. The van der Waals surface area contributed by atoms with E-state index in [0.29, 0.717) is 6.04 Å². The summed E-state index contributed by atoms with van der Waals surface area (Å²) in [5, 5.41) is 9.80. The number of aliphatic hydroxyl groups excluding tert-OH is 1. The van der Waals surface area contributed by atoms with Crippen LogP contribution in [0.2, 0.25) is 0 Å². The molecule has 1 aliphatic rings. The minimum atomic E-state index is -0.152. The Morgan fingerprint density at radius 1 is 1.00 bits per heavy atom. The molecule has 1 aliphatic carbocycles. The van der Waals surface area contributed by atoms with Crippen LogP contribution in [0.15, 0.2) is 30.6 Å². The van der Waals surface area contributed by atoms with Gasteiger partial charge in [0, 0.05) is 18.6 Å². The number of hydrogen-bond donors (Lipinski definition) is 1. The summed E-state index contributed by atoms with van der Waals surface area (Å²) in [4.78, 5) is 0. The summed E-state index contributed by atoms with van der Waals surface area (Å²) < 4.78 is 2.13. The Morgan fingerprint density at radius 3 is 2.38 bits per heavy atom. The minimum Gasteiger partial charge on any atom is -0.386 e. The smallest absolute Gasteiger partial charge is 0.183 e. The third kappa shape index (κ3) is 1.89. The number of rotatable bonds is 1. The maximum atomic E-state index is 9.80. The highest BCUT2D eigenvalue weighted by Gasteiger charge is 2.29. The molecule has 1 fully saturated rings. The van der Waals surface area contributed by atoms with E-state index in [1.807, 2.05) is 30.6 Å². The maximum absolute atomic E-state index is 9.80. The quantitative estimate of drug-likeness (QED) is 0.647. The Hall–Kier alpha value is -0.890. The molecule has 70 valence electrons. The van der Waals surface area contributed by atoms with Gasteiger partial charge < -0.3 is 5.11 Å². The summed E-state index contributed by atoms with van der Waals surface area (Å²) in [5.41, 5.74) is 0. The molecule has 1 heterocycles. The summed E-state index contributed by atoms with van der Waals surface area (Å²) in [6.07, 6.45) is 8.40. The predicted octanol–water partition coefficient (Wildman–Crippen LogP) is 1.45. The zero-order valence-electron chi connectivity index (χ0n) is 7.76. The van der Waals surface area contributed by atoms with Crippen LogP contribution in [-0.4, -0.2) is 11.2 Å². The first-order valence-corrected chi connectivity index (χ1v) is 5.02. The van der Waals surface area contributed by atoms with Crippen molar-refractivity contribution < 1.29 is 9.67 Å². The zero-order chi connectivity index (χ0) is 9.10. The van der Waals surface area contributed by atoms with E-state index in [9.17, 15) is 5.11 Å². The van der Waals surface area contributed by atoms with Gasteiger partial charge in [0.2, 0.25) is 0 Å². The molecule has 0 saturated heterocycles. The monoisotopic (exact) mass is 178 g/mol. The number of pyridine rings is 1. The number of aliphatic hydroxyl groups is 1. The first-order valence-electron chi connectivity index (χ1n) is 5.02. The molecule has 13 heavy (non-hydrogen) atoms. The first-order chi connectivity index (χ1) is 6.38. The second-order valence-corrected chi connectivity index (χ2v) is 3.74. The normalized spacial score (nSPS) is 28.7. The van der Waals surface area contributed by atoms with Crippen LogP contribution in [0, 0.1) is 0 Å². The second kappa shape index (κ2) is 3.88. The maximum Gasteiger partial charge on any atom is 0.183 e. The van der Waals surface area contributed by atoms with E-state index >= 15 is 0 Å². The van der Waals surface area contributed by atoms with Gasteiger partial charge in [0.05, 0.1) is 0 Å². The Morgan fingerprint density at radius 2 is 1.69 bits per heavy atom. The molecule has 1 aromatic rings. The average Bonchev–Trinajstić information content (AvgIpc) is 2.20. The molecule has 2 nitrogen and oxygen atoms in total. The molecular formula is C11H16NO+. The van der Waals surface area contributed by atoms with Crippen molar-refractivity contribution in [1.82, 2.24) is 0 Å². The number of nitrogens with zero attached hydrogens (tertiary/aromatic N) is 1. The Balaban J connectivity index is 2.15. The van der Waals surface area contributed by atoms with Gasteiger partial charge in [-0.2, -0.15) is 4.57 Å². The molecule has 0 bridgehead atoms. The number of aromatic nitrogens is 1. The molecule has 1 aromatic heterocycles. The summed E-state index contributed by atoms with van der Waals surface area (Å²) in [6, 6.07) is 6.34. The van der Waals surface area contributed by atoms with Crippen molar-refractivity contribution in [3.63, 3.8) is 0 Å². The molecular weight excluding hydrogens is 162 g/mol.